The van der Waals surface area contributed by atoms with Crippen molar-refractivity contribution in [1.29, 1.82) is 0 Å². The van der Waals surface area contributed by atoms with E-state index in [9.17, 15) is 4.39 Å². The van der Waals surface area contributed by atoms with Crippen LogP contribution in [0.3, 0.4) is 0 Å². The molecule has 2 rings (SSSR count). The molecule has 0 unspecified atom stereocenters. The van der Waals surface area contributed by atoms with E-state index in [2.05, 4.69) is 23.4 Å². The Morgan fingerprint density at radius 2 is 2.11 bits per heavy atom. The second-order valence-electron chi connectivity index (χ2n) is 5.09. The molecule has 1 heterocycles. The fraction of sp³-hybridized carbons (Fsp3) is 0.500. The fourth-order valence-corrected chi connectivity index (χ4v) is 2.24. The van der Waals surface area contributed by atoms with Crippen LogP contribution in [0.15, 0.2) is 12.1 Å². The smallest absolute Gasteiger partial charge is 0.128 e. The molecule has 0 aliphatic heterocycles. The standard InChI is InChI=1S/C14H18ClFN2/c1-9(2)4-5-18-13-6-10(3)11(16)7-12(13)17-14(18)8-15/h6-7,9H,4-5,8H2,1-3H3. The topological polar surface area (TPSA) is 17.8 Å². The largest absolute Gasteiger partial charge is 0.327 e. The molecule has 0 spiro atoms. The summed E-state index contributed by atoms with van der Waals surface area (Å²) in [7, 11) is 0. The van der Waals surface area contributed by atoms with E-state index in [4.69, 9.17) is 11.6 Å². The minimum absolute atomic E-state index is 0.211. The van der Waals surface area contributed by atoms with Gasteiger partial charge in [-0.25, -0.2) is 9.37 Å². The van der Waals surface area contributed by atoms with Crippen LogP contribution in [0.5, 0.6) is 0 Å². The summed E-state index contributed by atoms with van der Waals surface area (Å²) in [5.74, 6) is 1.58. The molecule has 4 heteroatoms. The van der Waals surface area contributed by atoms with Crippen LogP contribution in [0, 0.1) is 18.7 Å². The molecule has 1 aromatic carbocycles. The first-order valence-electron chi connectivity index (χ1n) is 6.24. The number of rotatable bonds is 4. The van der Waals surface area contributed by atoms with Gasteiger partial charge in [-0.3, -0.25) is 0 Å². The Labute approximate surface area is 112 Å². The zero-order valence-electron chi connectivity index (χ0n) is 11.0. The molecule has 0 saturated heterocycles. The second-order valence-corrected chi connectivity index (χ2v) is 5.35. The first-order valence-corrected chi connectivity index (χ1v) is 6.77. The van der Waals surface area contributed by atoms with Crippen molar-refractivity contribution < 1.29 is 4.39 Å². The molecule has 0 saturated carbocycles. The van der Waals surface area contributed by atoms with Crippen LogP contribution < -0.4 is 0 Å². The minimum atomic E-state index is -0.211. The summed E-state index contributed by atoms with van der Waals surface area (Å²) >= 11 is 5.92. The van der Waals surface area contributed by atoms with E-state index >= 15 is 0 Å². The molecule has 1 aromatic heterocycles. The molecular weight excluding hydrogens is 251 g/mol. The van der Waals surface area contributed by atoms with Gasteiger partial charge in [0.05, 0.1) is 16.9 Å². The lowest BCUT2D eigenvalue weighted by Crippen LogP contribution is -2.05. The highest BCUT2D eigenvalue weighted by molar-refractivity contribution is 6.16. The maximum Gasteiger partial charge on any atom is 0.128 e. The highest BCUT2D eigenvalue weighted by Crippen LogP contribution is 2.22. The number of imidazole rings is 1. The van der Waals surface area contributed by atoms with Crippen molar-refractivity contribution in [3.63, 3.8) is 0 Å². The Hall–Kier alpha value is -1.09. The summed E-state index contributed by atoms with van der Waals surface area (Å²) in [6, 6.07) is 3.35. The lowest BCUT2D eigenvalue weighted by atomic mass is 10.1. The molecule has 0 aliphatic rings. The monoisotopic (exact) mass is 268 g/mol. The van der Waals surface area contributed by atoms with Gasteiger partial charge in [0, 0.05) is 12.6 Å². The summed E-state index contributed by atoms with van der Waals surface area (Å²) in [4.78, 5) is 4.40. The Bertz CT molecular complexity index is 560. The highest BCUT2D eigenvalue weighted by atomic mass is 35.5. The number of benzene rings is 1. The van der Waals surface area contributed by atoms with Gasteiger partial charge in [0.25, 0.3) is 0 Å². The van der Waals surface area contributed by atoms with E-state index in [1.54, 1.807) is 6.92 Å². The molecule has 2 nitrogen and oxygen atoms in total. The summed E-state index contributed by atoms with van der Waals surface area (Å²) < 4.78 is 15.6. The van der Waals surface area contributed by atoms with Gasteiger partial charge in [-0.05, 0) is 30.9 Å². The molecule has 0 aliphatic carbocycles. The predicted molar refractivity (Wildman–Crippen MR) is 73.4 cm³/mol. The molecule has 18 heavy (non-hydrogen) atoms. The Morgan fingerprint density at radius 3 is 2.72 bits per heavy atom. The van der Waals surface area contributed by atoms with E-state index in [-0.39, 0.29) is 5.82 Å². The molecule has 0 N–H and O–H groups in total. The number of nitrogens with zero attached hydrogens (tertiary/aromatic N) is 2. The van der Waals surface area contributed by atoms with Crippen molar-refractivity contribution in [2.75, 3.05) is 0 Å². The molecule has 98 valence electrons. The average Bonchev–Trinajstić information content (AvgIpc) is 2.64. The normalized spacial score (nSPS) is 11.7. The van der Waals surface area contributed by atoms with Crippen molar-refractivity contribution in [3.8, 4) is 0 Å². The summed E-state index contributed by atoms with van der Waals surface area (Å²) in [5.41, 5.74) is 2.32. The Kier molecular flexibility index (Phi) is 3.91. The van der Waals surface area contributed by atoms with Crippen LogP contribution in [0.4, 0.5) is 4.39 Å². The van der Waals surface area contributed by atoms with Gasteiger partial charge in [0.2, 0.25) is 0 Å². The third-order valence-corrected chi connectivity index (χ3v) is 3.40. The SMILES string of the molecule is Cc1cc2c(cc1F)nc(CCl)n2CCC(C)C. The molecule has 0 bridgehead atoms. The van der Waals surface area contributed by atoms with Crippen LogP contribution in [0.25, 0.3) is 11.0 Å². The lowest BCUT2D eigenvalue weighted by Gasteiger charge is -2.10. The number of halogens is 2. The number of aryl methyl sites for hydroxylation is 2. The maximum atomic E-state index is 13.5. The van der Waals surface area contributed by atoms with E-state index < -0.39 is 0 Å². The van der Waals surface area contributed by atoms with Gasteiger partial charge in [0.1, 0.15) is 11.6 Å². The fourth-order valence-electron chi connectivity index (χ4n) is 2.04. The summed E-state index contributed by atoms with van der Waals surface area (Å²) in [5, 5.41) is 0. The first-order chi connectivity index (χ1) is 8.52. The quantitative estimate of drug-likeness (QED) is 0.757. The van der Waals surface area contributed by atoms with E-state index in [0.717, 1.165) is 24.3 Å². The highest BCUT2D eigenvalue weighted by Gasteiger charge is 2.12. The van der Waals surface area contributed by atoms with Gasteiger partial charge >= 0.3 is 0 Å². The lowest BCUT2D eigenvalue weighted by molar-refractivity contribution is 0.516. The summed E-state index contributed by atoms with van der Waals surface area (Å²) in [6.07, 6.45) is 1.06. The van der Waals surface area contributed by atoms with Gasteiger partial charge < -0.3 is 4.57 Å². The molecule has 0 fully saturated rings. The maximum absolute atomic E-state index is 13.5. The second kappa shape index (κ2) is 5.27. The number of hydrogen-bond acceptors (Lipinski definition) is 1. The molecule has 2 aromatic rings. The Morgan fingerprint density at radius 1 is 1.39 bits per heavy atom. The molecule has 0 radical (unpaired) electrons. The average molecular weight is 269 g/mol. The van der Waals surface area contributed by atoms with Crippen LogP contribution in [0.2, 0.25) is 0 Å². The van der Waals surface area contributed by atoms with E-state index in [1.807, 2.05) is 6.07 Å². The third kappa shape index (κ3) is 2.51. The number of alkyl halides is 1. The molecule has 0 amide bonds. The molecule has 0 atom stereocenters. The zero-order valence-corrected chi connectivity index (χ0v) is 11.8. The number of hydrogen-bond donors (Lipinski definition) is 0. The zero-order chi connectivity index (χ0) is 13.3. The van der Waals surface area contributed by atoms with Crippen molar-refractivity contribution in [3.05, 3.63) is 29.3 Å². The van der Waals surface area contributed by atoms with E-state index in [0.29, 0.717) is 22.9 Å². The Balaban J connectivity index is 2.50. The first kappa shape index (κ1) is 13.3. The number of fused-ring (bicyclic) bond motifs is 1. The predicted octanol–water partition coefficient (Wildman–Crippen LogP) is 4.27. The van der Waals surface area contributed by atoms with Crippen molar-refractivity contribution in [2.45, 2.75) is 39.6 Å². The summed E-state index contributed by atoms with van der Waals surface area (Å²) in [6.45, 7) is 7.02. The van der Waals surface area contributed by atoms with Crippen molar-refractivity contribution in [2.24, 2.45) is 5.92 Å². The van der Waals surface area contributed by atoms with Crippen molar-refractivity contribution in [1.82, 2.24) is 9.55 Å². The van der Waals surface area contributed by atoms with Gasteiger partial charge in [-0.15, -0.1) is 11.6 Å². The van der Waals surface area contributed by atoms with Crippen LogP contribution in [-0.2, 0) is 12.4 Å². The van der Waals surface area contributed by atoms with Crippen LogP contribution in [0.1, 0.15) is 31.7 Å². The third-order valence-electron chi connectivity index (χ3n) is 3.16. The molecular formula is C14H18ClFN2. The van der Waals surface area contributed by atoms with Crippen LogP contribution in [-0.4, -0.2) is 9.55 Å². The number of aromatic nitrogens is 2. The minimum Gasteiger partial charge on any atom is -0.327 e. The van der Waals surface area contributed by atoms with E-state index in [1.165, 1.54) is 6.07 Å². The van der Waals surface area contributed by atoms with Crippen LogP contribution >= 0.6 is 11.6 Å². The van der Waals surface area contributed by atoms with Gasteiger partial charge in [0.15, 0.2) is 0 Å². The van der Waals surface area contributed by atoms with Crippen molar-refractivity contribution >= 4 is 22.6 Å². The van der Waals surface area contributed by atoms with Gasteiger partial charge in [-0.1, -0.05) is 13.8 Å². The van der Waals surface area contributed by atoms with Gasteiger partial charge in [-0.2, -0.15) is 0 Å².